The summed E-state index contributed by atoms with van der Waals surface area (Å²) >= 11 is 0. The number of benzene rings is 1. The van der Waals surface area contributed by atoms with Crippen LogP contribution in [-0.4, -0.2) is 27.4 Å². The van der Waals surface area contributed by atoms with Gasteiger partial charge >= 0.3 is 0 Å². The summed E-state index contributed by atoms with van der Waals surface area (Å²) in [6, 6.07) is 9.85. The molecular weight excluding hydrogens is 290 g/mol. The molecule has 1 atom stereocenters. The van der Waals surface area contributed by atoms with E-state index in [4.69, 9.17) is 5.11 Å². The van der Waals surface area contributed by atoms with Crippen LogP contribution in [0.4, 0.5) is 0 Å². The first-order chi connectivity index (χ1) is 11.1. The van der Waals surface area contributed by atoms with Crippen molar-refractivity contribution in [2.75, 3.05) is 6.61 Å². The maximum absolute atomic E-state index is 12.3. The lowest BCUT2D eigenvalue weighted by Gasteiger charge is -2.19. The Labute approximate surface area is 137 Å². The van der Waals surface area contributed by atoms with Crippen molar-refractivity contribution in [3.63, 3.8) is 0 Å². The van der Waals surface area contributed by atoms with E-state index in [2.05, 4.69) is 10.4 Å². The van der Waals surface area contributed by atoms with E-state index in [0.29, 0.717) is 19.3 Å². The number of rotatable bonds is 8. The fraction of sp³-hybridized carbons (Fsp3) is 0.444. The number of aliphatic hydroxyl groups is 1. The van der Waals surface area contributed by atoms with Crippen LogP contribution in [0, 0.1) is 6.92 Å². The molecule has 0 bridgehead atoms. The third-order valence-corrected chi connectivity index (χ3v) is 3.92. The Morgan fingerprint density at radius 3 is 2.70 bits per heavy atom. The molecule has 0 radical (unpaired) electrons. The molecule has 1 unspecified atom stereocenters. The van der Waals surface area contributed by atoms with Crippen molar-refractivity contribution in [1.82, 2.24) is 15.1 Å². The summed E-state index contributed by atoms with van der Waals surface area (Å²) in [6.45, 7) is 2.09. The number of aromatic nitrogens is 2. The van der Waals surface area contributed by atoms with E-state index in [9.17, 15) is 4.79 Å². The van der Waals surface area contributed by atoms with E-state index < -0.39 is 0 Å². The van der Waals surface area contributed by atoms with Crippen LogP contribution >= 0.6 is 0 Å². The number of carbonyl (C=O) groups is 1. The number of amides is 1. The molecule has 0 fully saturated rings. The second kappa shape index (κ2) is 8.48. The second-order valence-corrected chi connectivity index (χ2v) is 5.81. The fourth-order valence-corrected chi connectivity index (χ4v) is 2.71. The molecule has 2 N–H and O–H groups in total. The minimum atomic E-state index is -0.0501. The Morgan fingerprint density at radius 1 is 1.35 bits per heavy atom. The van der Waals surface area contributed by atoms with Crippen LogP contribution < -0.4 is 5.32 Å². The van der Waals surface area contributed by atoms with E-state index >= 15 is 0 Å². The molecule has 5 nitrogen and oxygen atoms in total. The van der Waals surface area contributed by atoms with Crippen molar-refractivity contribution in [2.45, 2.75) is 38.6 Å². The number of hydrogen-bond acceptors (Lipinski definition) is 3. The second-order valence-electron chi connectivity index (χ2n) is 5.81. The van der Waals surface area contributed by atoms with Gasteiger partial charge in [-0.05, 0) is 37.3 Å². The van der Waals surface area contributed by atoms with Crippen LogP contribution in [0.1, 0.15) is 42.1 Å². The first kappa shape index (κ1) is 17.2. The summed E-state index contributed by atoms with van der Waals surface area (Å²) in [4.78, 5) is 12.3. The van der Waals surface area contributed by atoms with Gasteiger partial charge in [-0.25, -0.2) is 0 Å². The minimum Gasteiger partial charge on any atom is -0.396 e. The molecule has 0 saturated carbocycles. The molecule has 0 spiro atoms. The van der Waals surface area contributed by atoms with Gasteiger partial charge in [-0.3, -0.25) is 9.48 Å². The van der Waals surface area contributed by atoms with Crippen molar-refractivity contribution in [2.24, 2.45) is 7.05 Å². The van der Waals surface area contributed by atoms with Crippen LogP contribution in [0.15, 0.2) is 36.5 Å². The van der Waals surface area contributed by atoms with Gasteiger partial charge < -0.3 is 10.4 Å². The lowest BCUT2D eigenvalue weighted by Crippen LogP contribution is -2.29. The minimum absolute atomic E-state index is 0.0278. The third kappa shape index (κ3) is 5.21. The molecule has 1 heterocycles. The Morgan fingerprint density at radius 2 is 2.09 bits per heavy atom. The third-order valence-electron chi connectivity index (χ3n) is 3.92. The Kier molecular flexibility index (Phi) is 6.35. The Balaban J connectivity index is 1.93. The first-order valence-electron chi connectivity index (χ1n) is 8.04. The van der Waals surface area contributed by atoms with Crippen LogP contribution in [-0.2, 0) is 18.3 Å². The van der Waals surface area contributed by atoms with Gasteiger partial charge in [0.05, 0.1) is 11.7 Å². The molecule has 23 heavy (non-hydrogen) atoms. The van der Waals surface area contributed by atoms with E-state index in [-0.39, 0.29) is 18.6 Å². The molecule has 0 aliphatic carbocycles. The van der Waals surface area contributed by atoms with Gasteiger partial charge in [0.15, 0.2) is 0 Å². The molecule has 0 saturated heterocycles. The molecular formula is C18H25N3O2. The van der Waals surface area contributed by atoms with Crippen LogP contribution in [0.25, 0.3) is 0 Å². The van der Waals surface area contributed by atoms with Crippen molar-refractivity contribution in [3.05, 3.63) is 53.3 Å². The lowest BCUT2D eigenvalue weighted by atomic mass is 10.0. The lowest BCUT2D eigenvalue weighted by molar-refractivity contribution is -0.121. The summed E-state index contributed by atoms with van der Waals surface area (Å²) < 4.78 is 1.77. The van der Waals surface area contributed by atoms with E-state index in [1.807, 2.05) is 50.5 Å². The number of aliphatic hydroxyl groups excluding tert-OH is 1. The molecule has 1 amide bonds. The summed E-state index contributed by atoms with van der Waals surface area (Å²) in [5, 5.41) is 16.4. The van der Waals surface area contributed by atoms with E-state index in [0.717, 1.165) is 23.2 Å². The number of nitrogens with one attached hydrogen (secondary N) is 1. The zero-order chi connectivity index (χ0) is 16.7. The highest BCUT2D eigenvalue weighted by Gasteiger charge is 2.14. The highest BCUT2D eigenvalue weighted by molar-refractivity contribution is 5.76. The van der Waals surface area contributed by atoms with Crippen molar-refractivity contribution < 1.29 is 9.90 Å². The number of hydrogen-bond donors (Lipinski definition) is 2. The maximum atomic E-state index is 12.3. The average molecular weight is 315 g/mol. The quantitative estimate of drug-likeness (QED) is 0.785. The van der Waals surface area contributed by atoms with Gasteiger partial charge in [0.2, 0.25) is 5.91 Å². The van der Waals surface area contributed by atoms with E-state index in [1.165, 1.54) is 0 Å². The maximum Gasteiger partial charge on any atom is 0.220 e. The van der Waals surface area contributed by atoms with Crippen LogP contribution in [0.3, 0.4) is 0 Å². The predicted octanol–water partition coefficient (Wildman–Crippen LogP) is 2.29. The number of carbonyl (C=O) groups excluding carboxylic acids is 1. The monoisotopic (exact) mass is 315 g/mol. The standard InChI is InChI=1S/C18H25N3O2/c1-14-16(13-21(2)20-14)10-11-18(23)19-17(9-6-12-22)15-7-4-3-5-8-15/h3-5,7-8,13,17,22H,6,9-12H2,1-2H3,(H,19,23). The molecule has 5 heteroatoms. The largest absolute Gasteiger partial charge is 0.396 e. The van der Waals surface area contributed by atoms with Gasteiger partial charge in [0.1, 0.15) is 0 Å². The summed E-state index contributed by atoms with van der Waals surface area (Å²) in [5.41, 5.74) is 3.15. The van der Waals surface area contributed by atoms with Crippen molar-refractivity contribution >= 4 is 5.91 Å². The van der Waals surface area contributed by atoms with Gasteiger partial charge in [0, 0.05) is 26.3 Å². The molecule has 1 aromatic heterocycles. The molecule has 2 rings (SSSR count). The number of nitrogens with zero attached hydrogens (tertiary/aromatic N) is 2. The summed E-state index contributed by atoms with van der Waals surface area (Å²) in [7, 11) is 1.89. The summed E-state index contributed by atoms with van der Waals surface area (Å²) in [5.74, 6) is 0.0278. The van der Waals surface area contributed by atoms with Crippen LogP contribution in [0.2, 0.25) is 0 Å². The average Bonchev–Trinajstić information content (AvgIpc) is 2.88. The highest BCUT2D eigenvalue weighted by Crippen LogP contribution is 2.18. The highest BCUT2D eigenvalue weighted by atomic mass is 16.3. The molecule has 0 aliphatic rings. The zero-order valence-electron chi connectivity index (χ0n) is 13.8. The van der Waals surface area contributed by atoms with Crippen molar-refractivity contribution in [1.29, 1.82) is 0 Å². The number of aryl methyl sites for hydroxylation is 3. The molecule has 0 aliphatic heterocycles. The first-order valence-corrected chi connectivity index (χ1v) is 8.04. The predicted molar refractivity (Wildman–Crippen MR) is 89.9 cm³/mol. The zero-order valence-corrected chi connectivity index (χ0v) is 13.8. The van der Waals surface area contributed by atoms with Crippen molar-refractivity contribution in [3.8, 4) is 0 Å². The smallest absolute Gasteiger partial charge is 0.220 e. The topological polar surface area (TPSA) is 67.2 Å². The van der Waals surface area contributed by atoms with Gasteiger partial charge in [-0.15, -0.1) is 0 Å². The van der Waals surface area contributed by atoms with E-state index in [1.54, 1.807) is 4.68 Å². The summed E-state index contributed by atoms with van der Waals surface area (Å²) in [6.07, 6.45) is 4.49. The molecule has 1 aromatic carbocycles. The van der Waals surface area contributed by atoms with Crippen LogP contribution in [0.5, 0.6) is 0 Å². The Bertz CT molecular complexity index is 622. The van der Waals surface area contributed by atoms with Gasteiger partial charge in [-0.2, -0.15) is 5.10 Å². The van der Waals surface area contributed by atoms with Gasteiger partial charge in [0.25, 0.3) is 0 Å². The molecule has 2 aromatic rings. The SMILES string of the molecule is Cc1nn(C)cc1CCC(=O)NC(CCCO)c1ccccc1. The molecule has 124 valence electrons. The van der Waals surface area contributed by atoms with Gasteiger partial charge in [-0.1, -0.05) is 30.3 Å². The normalized spacial score (nSPS) is 12.1. The fourth-order valence-electron chi connectivity index (χ4n) is 2.71. The Hall–Kier alpha value is -2.14.